The number of rotatable bonds is 5. The van der Waals surface area contributed by atoms with E-state index < -0.39 is 0 Å². The number of pyridine rings is 1. The van der Waals surface area contributed by atoms with Crippen molar-refractivity contribution in [3.8, 4) is 0 Å². The Labute approximate surface area is 147 Å². The third-order valence-electron chi connectivity index (χ3n) is 3.17. The fraction of sp³-hybridized carbons (Fsp3) is 0.316. The Hall–Kier alpha value is -2.89. The Morgan fingerprint density at radius 2 is 1.76 bits per heavy atom. The van der Waals surface area contributed by atoms with E-state index in [0.717, 1.165) is 5.69 Å². The van der Waals surface area contributed by atoms with Gasteiger partial charge in [-0.25, -0.2) is 4.79 Å². The van der Waals surface area contributed by atoms with E-state index in [2.05, 4.69) is 15.6 Å². The smallest absolute Gasteiger partial charge is 0.338 e. The van der Waals surface area contributed by atoms with Crippen LogP contribution < -0.4 is 10.6 Å². The summed E-state index contributed by atoms with van der Waals surface area (Å²) < 4.78 is 4.93. The first-order valence-electron chi connectivity index (χ1n) is 8.11. The fourth-order valence-electron chi connectivity index (χ4n) is 2.16. The van der Waals surface area contributed by atoms with Gasteiger partial charge in [0.2, 0.25) is 0 Å². The average molecular weight is 341 g/mol. The van der Waals surface area contributed by atoms with E-state index in [9.17, 15) is 9.59 Å². The molecule has 0 atom stereocenters. The number of amides is 1. The van der Waals surface area contributed by atoms with Crippen LogP contribution in [0.15, 0.2) is 42.6 Å². The minimum atomic E-state index is -0.386. The van der Waals surface area contributed by atoms with E-state index >= 15 is 0 Å². The average Bonchev–Trinajstić information content (AvgIpc) is 2.54. The van der Waals surface area contributed by atoms with E-state index in [1.165, 1.54) is 0 Å². The highest BCUT2D eigenvalue weighted by molar-refractivity contribution is 6.03. The maximum atomic E-state index is 12.4. The molecule has 0 radical (unpaired) electrons. The number of ether oxygens (including phenoxy) is 1. The third-order valence-corrected chi connectivity index (χ3v) is 3.17. The van der Waals surface area contributed by atoms with E-state index in [1.54, 1.807) is 43.5 Å². The van der Waals surface area contributed by atoms with Gasteiger partial charge < -0.3 is 15.4 Å². The number of nitrogens with one attached hydrogen (secondary N) is 2. The van der Waals surface area contributed by atoms with Gasteiger partial charge in [-0.15, -0.1) is 0 Å². The van der Waals surface area contributed by atoms with Crippen molar-refractivity contribution < 1.29 is 14.3 Å². The first-order chi connectivity index (χ1) is 11.8. The minimum Gasteiger partial charge on any atom is -0.462 e. The van der Waals surface area contributed by atoms with Gasteiger partial charge in [-0.2, -0.15) is 0 Å². The molecule has 2 aromatic rings. The highest BCUT2D eigenvalue weighted by atomic mass is 16.5. The van der Waals surface area contributed by atoms with Gasteiger partial charge in [-0.1, -0.05) is 0 Å². The molecule has 6 nitrogen and oxygen atoms in total. The van der Waals surface area contributed by atoms with Gasteiger partial charge in [-0.3, -0.25) is 9.78 Å². The molecule has 1 amide bonds. The van der Waals surface area contributed by atoms with Crippen LogP contribution >= 0.6 is 0 Å². The molecule has 0 bridgehead atoms. The molecule has 1 aromatic carbocycles. The van der Waals surface area contributed by atoms with Gasteiger partial charge in [0.25, 0.3) is 5.91 Å². The second-order valence-corrected chi connectivity index (χ2v) is 6.56. The van der Waals surface area contributed by atoms with Crippen LogP contribution in [0.2, 0.25) is 0 Å². The third kappa shape index (κ3) is 5.60. The number of aromatic nitrogens is 1. The molecule has 6 heteroatoms. The van der Waals surface area contributed by atoms with Crippen molar-refractivity contribution in [3.05, 3.63) is 53.9 Å². The molecule has 0 unspecified atom stereocenters. The fourth-order valence-corrected chi connectivity index (χ4v) is 2.16. The largest absolute Gasteiger partial charge is 0.462 e. The number of anilines is 2. The molecular formula is C19H23N3O3. The molecule has 1 heterocycles. The van der Waals surface area contributed by atoms with E-state index in [1.807, 2.05) is 26.8 Å². The molecule has 0 fully saturated rings. The van der Waals surface area contributed by atoms with Crippen LogP contribution in [0.1, 0.15) is 48.5 Å². The molecule has 132 valence electrons. The zero-order valence-corrected chi connectivity index (χ0v) is 14.9. The second kappa shape index (κ2) is 7.79. The van der Waals surface area contributed by atoms with Crippen molar-refractivity contribution in [2.75, 3.05) is 17.2 Å². The second-order valence-electron chi connectivity index (χ2n) is 6.56. The van der Waals surface area contributed by atoms with Crippen molar-refractivity contribution in [1.29, 1.82) is 0 Å². The lowest BCUT2D eigenvalue weighted by Crippen LogP contribution is -2.26. The van der Waals surface area contributed by atoms with Crippen LogP contribution in [-0.4, -0.2) is 29.0 Å². The summed E-state index contributed by atoms with van der Waals surface area (Å²) in [5.74, 6) is -0.704. The summed E-state index contributed by atoms with van der Waals surface area (Å²) >= 11 is 0. The minimum absolute atomic E-state index is 0.113. The van der Waals surface area contributed by atoms with E-state index in [0.29, 0.717) is 23.6 Å². The Morgan fingerprint density at radius 1 is 1.08 bits per heavy atom. The van der Waals surface area contributed by atoms with Crippen molar-refractivity contribution in [2.45, 2.75) is 33.2 Å². The number of carbonyl (C=O) groups is 2. The van der Waals surface area contributed by atoms with E-state index in [4.69, 9.17) is 4.74 Å². The molecule has 2 rings (SSSR count). The predicted octanol–water partition coefficient (Wildman–Crippen LogP) is 3.72. The highest BCUT2D eigenvalue weighted by Gasteiger charge is 2.13. The number of hydrogen-bond acceptors (Lipinski definition) is 5. The van der Waals surface area contributed by atoms with Gasteiger partial charge in [0.05, 0.1) is 12.2 Å². The summed E-state index contributed by atoms with van der Waals surface area (Å²) in [5.41, 5.74) is 2.04. The lowest BCUT2D eigenvalue weighted by Gasteiger charge is -2.22. The Bertz CT molecular complexity index is 749. The number of benzene rings is 1. The molecule has 0 spiro atoms. The molecule has 0 aliphatic heterocycles. The number of carbonyl (C=O) groups excluding carboxylic acids is 2. The molecule has 1 aromatic heterocycles. The van der Waals surface area contributed by atoms with Crippen molar-refractivity contribution >= 4 is 23.3 Å². The van der Waals surface area contributed by atoms with Crippen LogP contribution in [-0.2, 0) is 4.74 Å². The zero-order chi connectivity index (χ0) is 18.4. The van der Waals surface area contributed by atoms with Gasteiger partial charge in [0.15, 0.2) is 0 Å². The summed E-state index contributed by atoms with van der Waals surface area (Å²) in [6.07, 6.45) is 1.59. The summed E-state index contributed by atoms with van der Waals surface area (Å²) in [6.45, 7) is 8.19. The number of nitrogens with zero attached hydrogens (tertiary/aromatic N) is 1. The summed E-state index contributed by atoms with van der Waals surface area (Å²) in [7, 11) is 0. The first kappa shape index (κ1) is 18.4. The summed E-state index contributed by atoms with van der Waals surface area (Å²) in [4.78, 5) is 28.1. The Morgan fingerprint density at radius 3 is 2.36 bits per heavy atom. The first-order valence-corrected chi connectivity index (χ1v) is 8.11. The molecule has 0 saturated heterocycles. The maximum Gasteiger partial charge on any atom is 0.338 e. The lowest BCUT2D eigenvalue weighted by atomic mass is 10.1. The highest BCUT2D eigenvalue weighted by Crippen LogP contribution is 2.16. The van der Waals surface area contributed by atoms with E-state index in [-0.39, 0.29) is 17.4 Å². The lowest BCUT2D eigenvalue weighted by molar-refractivity contribution is 0.0526. The zero-order valence-electron chi connectivity index (χ0n) is 14.9. The Balaban J connectivity index is 2.07. The summed E-state index contributed by atoms with van der Waals surface area (Å²) in [6, 6.07) is 10.0. The van der Waals surface area contributed by atoms with Gasteiger partial charge in [-0.05, 0) is 64.1 Å². The normalized spacial score (nSPS) is 10.9. The SMILES string of the molecule is CCOC(=O)c1ccc(NC(=O)c2cc(NC(C)(C)C)ccn2)cc1. The van der Waals surface area contributed by atoms with Crippen LogP contribution in [0.25, 0.3) is 0 Å². The standard InChI is InChI=1S/C19H23N3O3/c1-5-25-18(24)13-6-8-14(9-7-13)21-17(23)16-12-15(10-11-20-16)22-19(2,3)4/h6-12H,5H2,1-4H3,(H,20,22)(H,21,23). The quantitative estimate of drug-likeness (QED) is 0.810. The molecular weight excluding hydrogens is 318 g/mol. The maximum absolute atomic E-state index is 12.4. The van der Waals surface area contributed by atoms with Crippen LogP contribution in [0.3, 0.4) is 0 Å². The summed E-state index contributed by atoms with van der Waals surface area (Å²) in [5, 5.41) is 6.07. The van der Waals surface area contributed by atoms with Crippen LogP contribution in [0.4, 0.5) is 11.4 Å². The van der Waals surface area contributed by atoms with Crippen molar-refractivity contribution in [2.24, 2.45) is 0 Å². The van der Waals surface area contributed by atoms with Crippen LogP contribution in [0, 0.1) is 0 Å². The monoisotopic (exact) mass is 341 g/mol. The van der Waals surface area contributed by atoms with Crippen molar-refractivity contribution in [1.82, 2.24) is 4.98 Å². The number of esters is 1. The van der Waals surface area contributed by atoms with Crippen LogP contribution in [0.5, 0.6) is 0 Å². The Kier molecular flexibility index (Phi) is 5.75. The predicted molar refractivity (Wildman–Crippen MR) is 98.0 cm³/mol. The van der Waals surface area contributed by atoms with Gasteiger partial charge in [0, 0.05) is 23.1 Å². The molecule has 25 heavy (non-hydrogen) atoms. The molecule has 0 saturated carbocycles. The molecule has 2 N–H and O–H groups in total. The van der Waals surface area contributed by atoms with Gasteiger partial charge in [0.1, 0.15) is 5.69 Å². The number of hydrogen-bond donors (Lipinski definition) is 2. The van der Waals surface area contributed by atoms with Crippen molar-refractivity contribution in [3.63, 3.8) is 0 Å². The topological polar surface area (TPSA) is 80.3 Å². The van der Waals surface area contributed by atoms with Gasteiger partial charge >= 0.3 is 5.97 Å². The molecule has 0 aliphatic carbocycles. The molecule has 0 aliphatic rings.